The van der Waals surface area contributed by atoms with Crippen molar-refractivity contribution < 1.29 is 14.3 Å². The zero-order valence-electron chi connectivity index (χ0n) is 12.7. The number of hydrogen-bond acceptors (Lipinski definition) is 5. The maximum atomic E-state index is 11.9. The van der Waals surface area contributed by atoms with E-state index in [4.69, 9.17) is 9.47 Å². The van der Waals surface area contributed by atoms with Crippen LogP contribution in [-0.2, 0) is 14.3 Å². The predicted octanol–water partition coefficient (Wildman–Crippen LogP) is 1.03. The van der Waals surface area contributed by atoms with Crippen molar-refractivity contribution in [2.75, 3.05) is 41.0 Å². The number of hydrogen-bond donors (Lipinski definition) is 1. The summed E-state index contributed by atoms with van der Waals surface area (Å²) in [6.45, 7) is 4.57. The van der Waals surface area contributed by atoms with Crippen molar-refractivity contribution in [3.05, 3.63) is 0 Å². The lowest BCUT2D eigenvalue weighted by Gasteiger charge is -2.30. The topological polar surface area (TPSA) is 50.8 Å². The molecule has 1 fully saturated rings. The Balaban J connectivity index is 2.36. The summed E-state index contributed by atoms with van der Waals surface area (Å²) in [5.41, 5.74) is -0.564. The van der Waals surface area contributed by atoms with E-state index in [1.165, 1.54) is 7.11 Å². The molecule has 0 aromatic carbocycles. The van der Waals surface area contributed by atoms with E-state index in [1.807, 2.05) is 6.92 Å². The minimum atomic E-state index is -0.564. The first-order valence-corrected chi connectivity index (χ1v) is 7.05. The quantitative estimate of drug-likeness (QED) is 0.475. The van der Waals surface area contributed by atoms with Crippen LogP contribution in [0.4, 0.5) is 0 Å². The SMILES string of the molecule is COCCCN(C)CCC(C)(NC1CC1)C(=O)OC. The van der Waals surface area contributed by atoms with Gasteiger partial charge < -0.3 is 14.4 Å². The van der Waals surface area contributed by atoms with Gasteiger partial charge in [0.05, 0.1) is 7.11 Å². The van der Waals surface area contributed by atoms with Crippen LogP contribution in [0, 0.1) is 0 Å². The van der Waals surface area contributed by atoms with E-state index in [1.54, 1.807) is 7.11 Å². The van der Waals surface area contributed by atoms with E-state index in [0.29, 0.717) is 6.04 Å². The van der Waals surface area contributed by atoms with Crippen molar-refractivity contribution in [3.8, 4) is 0 Å². The fourth-order valence-corrected chi connectivity index (χ4v) is 2.14. The third-order valence-electron chi connectivity index (χ3n) is 3.62. The molecule has 19 heavy (non-hydrogen) atoms. The van der Waals surface area contributed by atoms with Gasteiger partial charge in [-0.25, -0.2) is 0 Å². The Hall–Kier alpha value is -0.650. The van der Waals surface area contributed by atoms with Gasteiger partial charge in [-0.2, -0.15) is 0 Å². The Morgan fingerprint density at radius 3 is 2.58 bits per heavy atom. The van der Waals surface area contributed by atoms with Gasteiger partial charge in [-0.3, -0.25) is 10.1 Å². The molecule has 112 valence electrons. The number of methoxy groups -OCH3 is 2. The third kappa shape index (κ3) is 5.89. The van der Waals surface area contributed by atoms with Gasteiger partial charge in [0, 0.05) is 32.8 Å². The molecule has 1 N–H and O–H groups in total. The lowest BCUT2D eigenvalue weighted by atomic mass is 9.97. The minimum absolute atomic E-state index is 0.162. The second-order valence-electron chi connectivity index (χ2n) is 5.64. The van der Waals surface area contributed by atoms with Crippen LogP contribution in [0.2, 0.25) is 0 Å². The van der Waals surface area contributed by atoms with Gasteiger partial charge in [-0.05, 0) is 39.7 Å². The molecule has 0 radical (unpaired) electrons. The number of nitrogens with one attached hydrogen (secondary N) is 1. The summed E-state index contributed by atoms with van der Waals surface area (Å²) in [7, 11) is 5.25. The molecule has 0 aromatic heterocycles. The average Bonchev–Trinajstić information content (AvgIpc) is 3.19. The van der Waals surface area contributed by atoms with E-state index >= 15 is 0 Å². The van der Waals surface area contributed by atoms with Gasteiger partial charge >= 0.3 is 5.97 Å². The van der Waals surface area contributed by atoms with E-state index < -0.39 is 5.54 Å². The molecule has 1 aliphatic rings. The van der Waals surface area contributed by atoms with Crippen LogP contribution in [0.1, 0.15) is 32.6 Å². The maximum Gasteiger partial charge on any atom is 0.325 e. The summed E-state index contributed by atoms with van der Waals surface area (Å²) >= 11 is 0. The molecule has 0 spiro atoms. The van der Waals surface area contributed by atoms with Gasteiger partial charge in [0.25, 0.3) is 0 Å². The highest BCUT2D eigenvalue weighted by molar-refractivity contribution is 5.80. The Morgan fingerprint density at radius 1 is 1.37 bits per heavy atom. The molecule has 5 nitrogen and oxygen atoms in total. The summed E-state index contributed by atoms with van der Waals surface area (Å²) in [5, 5.41) is 3.41. The highest BCUT2D eigenvalue weighted by Gasteiger charge is 2.39. The van der Waals surface area contributed by atoms with Crippen molar-refractivity contribution in [2.24, 2.45) is 0 Å². The second kappa shape index (κ2) is 7.82. The Morgan fingerprint density at radius 2 is 2.05 bits per heavy atom. The van der Waals surface area contributed by atoms with Crippen LogP contribution in [-0.4, -0.2) is 63.4 Å². The highest BCUT2D eigenvalue weighted by Crippen LogP contribution is 2.25. The fourth-order valence-electron chi connectivity index (χ4n) is 2.14. The molecule has 0 aliphatic heterocycles. The minimum Gasteiger partial charge on any atom is -0.468 e. The van der Waals surface area contributed by atoms with Crippen LogP contribution < -0.4 is 5.32 Å². The molecule has 1 saturated carbocycles. The maximum absolute atomic E-state index is 11.9. The zero-order valence-corrected chi connectivity index (χ0v) is 12.7. The predicted molar refractivity (Wildman–Crippen MR) is 75.2 cm³/mol. The van der Waals surface area contributed by atoms with E-state index in [2.05, 4.69) is 17.3 Å². The number of nitrogens with zero attached hydrogens (tertiary/aromatic N) is 1. The fraction of sp³-hybridized carbons (Fsp3) is 0.929. The van der Waals surface area contributed by atoms with Crippen molar-refractivity contribution in [1.29, 1.82) is 0 Å². The lowest BCUT2D eigenvalue weighted by Crippen LogP contribution is -2.52. The number of rotatable bonds is 10. The smallest absolute Gasteiger partial charge is 0.325 e. The molecular formula is C14H28N2O3. The van der Waals surface area contributed by atoms with Crippen LogP contribution in [0.5, 0.6) is 0 Å². The van der Waals surface area contributed by atoms with Crippen LogP contribution >= 0.6 is 0 Å². The van der Waals surface area contributed by atoms with Crippen molar-refractivity contribution in [1.82, 2.24) is 10.2 Å². The zero-order chi connectivity index (χ0) is 14.3. The molecule has 1 aliphatic carbocycles. The third-order valence-corrected chi connectivity index (χ3v) is 3.62. The summed E-state index contributed by atoms with van der Waals surface area (Å²) in [6, 6.07) is 0.489. The molecule has 0 aromatic rings. The molecule has 1 unspecified atom stereocenters. The Labute approximate surface area is 116 Å². The second-order valence-corrected chi connectivity index (χ2v) is 5.64. The lowest BCUT2D eigenvalue weighted by molar-refractivity contribution is -0.148. The first kappa shape index (κ1) is 16.4. The Bertz CT molecular complexity index is 282. The van der Waals surface area contributed by atoms with Gasteiger partial charge in [0.2, 0.25) is 0 Å². The van der Waals surface area contributed by atoms with Gasteiger partial charge in [-0.1, -0.05) is 0 Å². The largest absolute Gasteiger partial charge is 0.468 e. The molecular weight excluding hydrogens is 244 g/mol. The first-order chi connectivity index (χ1) is 9.01. The van der Waals surface area contributed by atoms with Gasteiger partial charge in [0.1, 0.15) is 5.54 Å². The average molecular weight is 272 g/mol. The van der Waals surface area contributed by atoms with E-state index in [9.17, 15) is 4.79 Å². The van der Waals surface area contributed by atoms with Crippen LogP contribution in [0.15, 0.2) is 0 Å². The molecule has 0 heterocycles. The number of esters is 1. The standard InChI is InChI=1S/C14H28N2O3/c1-14(13(17)19-4,15-12-6-7-12)8-10-16(2)9-5-11-18-3/h12,15H,5-11H2,1-4H3. The summed E-state index contributed by atoms with van der Waals surface area (Å²) in [4.78, 5) is 14.2. The molecule has 0 bridgehead atoms. The highest BCUT2D eigenvalue weighted by atomic mass is 16.5. The normalized spacial score (nSPS) is 18.4. The van der Waals surface area contributed by atoms with Crippen molar-refractivity contribution in [3.63, 3.8) is 0 Å². The molecule has 1 rings (SSSR count). The number of carbonyl (C=O) groups excluding carboxylic acids is 1. The molecule has 0 amide bonds. The van der Waals surface area contributed by atoms with Crippen molar-refractivity contribution >= 4 is 5.97 Å². The van der Waals surface area contributed by atoms with Gasteiger partial charge in [-0.15, -0.1) is 0 Å². The summed E-state index contributed by atoms with van der Waals surface area (Å²) in [6.07, 6.45) is 4.10. The van der Waals surface area contributed by atoms with Crippen molar-refractivity contribution in [2.45, 2.75) is 44.2 Å². The van der Waals surface area contributed by atoms with Gasteiger partial charge in [0.15, 0.2) is 0 Å². The van der Waals surface area contributed by atoms with E-state index in [-0.39, 0.29) is 5.97 Å². The summed E-state index contributed by atoms with van der Waals surface area (Å²) < 4.78 is 9.98. The summed E-state index contributed by atoms with van der Waals surface area (Å²) in [5.74, 6) is -0.162. The first-order valence-electron chi connectivity index (χ1n) is 7.05. The molecule has 0 saturated heterocycles. The molecule has 1 atom stereocenters. The number of carbonyl (C=O) groups is 1. The number of ether oxygens (including phenoxy) is 2. The van der Waals surface area contributed by atoms with E-state index in [0.717, 1.165) is 45.4 Å². The van der Waals surface area contributed by atoms with Crippen LogP contribution in [0.25, 0.3) is 0 Å². The van der Waals surface area contributed by atoms with Crippen LogP contribution in [0.3, 0.4) is 0 Å². The molecule has 5 heteroatoms. The Kier molecular flexibility index (Phi) is 6.75. The monoisotopic (exact) mass is 272 g/mol.